The first-order valence-corrected chi connectivity index (χ1v) is 5.20. The smallest absolute Gasteiger partial charge is 0.271 e. The Kier molecular flexibility index (Phi) is 3.75. The first kappa shape index (κ1) is 11.6. The summed E-state index contributed by atoms with van der Waals surface area (Å²) in [6.45, 7) is 1.88. The van der Waals surface area contributed by atoms with E-state index in [4.69, 9.17) is 0 Å². The van der Waals surface area contributed by atoms with Gasteiger partial charge in [0, 0.05) is 29.9 Å². The van der Waals surface area contributed by atoms with E-state index in [2.05, 4.69) is 0 Å². The molecule has 1 aromatic rings. The van der Waals surface area contributed by atoms with Crippen LogP contribution in [0.25, 0.3) is 0 Å². The number of rotatable bonds is 4. The standard InChI is InChI=1S/C8H10N2O4S/c1-2-9(15(13)14)7-4-3-5-8(6-7)10(11)12/h3-6H,2H2,1H3,(H,13,14)/p-1. The van der Waals surface area contributed by atoms with Crippen LogP contribution in [0.5, 0.6) is 0 Å². The topological polar surface area (TPSA) is 86.5 Å². The molecule has 7 heteroatoms. The molecule has 0 aliphatic rings. The van der Waals surface area contributed by atoms with Crippen molar-refractivity contribution in [3.8, 4) is 0 Å². The number of nitrogens with zero attached hydrogens (tertiary/aromatic N) is 2. The van der Waals surface area contributed by atoms with Crippen LogP contribution in [0.3, 0.4) is 0 Å². The Morgan fingerprint density at radius 1 is 1.53 bits per heavy atom. The van der Waals surface area contributed by atoms with Crippen LogP contribution in [-0.4, -0.2) is 20.2 Å². The molecule has 0 saturated carbocycles. The summed E-state index contributed by atoms with van der Waals surface area (Å²) >= 11 is -2.42. The fourth-order valence-electron chi connectivity index (χ4n) is 1.14. The highest BCUT2D eigenvalue weighted by atomic mass is 32.2. The first-order valence-electron chi connectivity index (χ1n) is 4.17. The number of hydrogen-bond donors (Lipinski definition) is 0. The van der Waals surface area contributed by atoms with Crippen molar-refractivity contribution >= 4 is 22.6 Å². The molecule has 0 amide bonds. The highest BCUT2D eigenvalue weighted by Crippen LogP contribution is 2.21. The Bertz CT molecular complexity index is 396. The highest BCUT2D eigenvalue weighted by molar-refractivity contribution is 7.80. The lowest BCUT2D eigenvalue weighted by atomic mass is 10.3. The van der Waals surface area contributed by atoms with E-state index >= 15 is 0 Å². The van der Waals surface area contributed by atoms with Gasteiger partial charge in [-0.1, -0.05) is 6.07 Å². The third-order valence-corrected chi connectivity index (χ3v) is 2.62. The second kappa shape index (κ2) is 4.85. The Morgan fingerprint density at radius 3 is 2.67 bits per heavy atom. The molecule has 0 radical (unpaired) electrons. The van der Waals surface area contributed by atoms with E-state index < -0.39 is 16.2 Å². The van der Waals surface area contributed by atoms with Crippen molar-refractivity contribution in [3.05, 3.63) is 34.4 Å². The lowest BCUT2D eigenvalue weighted by Gasteiger charge is -2.24. The molecule has 0 fully saturated rings. The Balaban J connectivity index is 3.08. The summed E-state index contributed by atoms with van der Waals surface area (Å²) in [5, 5.41) is 10.5. The zero-order valence-corrected chi connectivity index (χ0v) is 8.77. The average molecular weight is 229 g/mol. The molecule has 0 saturated heterocycles. The molecular weight excluding hydrogens is 220 g/mol. The summed E-state index contributed by atoms with van der Waals surface area (Å²) in [6.07, 6.45) is 0. The monoisotopic (exact) mass is 229 g/mol. The molecule has 0 spiro atoms. The molecule has 0 aliphatic carbocycles. The van der Waals surface area contributed by atoms with Gasteiger partial charge in [-0.25, -0.2) is 0 Å². The van der Waals surface area contributed by atoms with Gasteiger partial charge in [0.1, 0.15) is 0 Å². The zero-order chi connectivity index (χ0) is 11.4. The van der Waals surface area contributed by atoms with Crippen molar-refractivity contribution in [3.63, 3.8) is 0 Å². The lowest BCUT2D eigenvalue weighted by Crippen LogP contribution is -2.24. The van der Waals surface area contributed by atoms with E-state index in [0.717, 1.165) is 4.31 Å². The van der Waals surface area contributed by atoms with Crippen molar-refractivity contribution in [2.24, 2.45) is 0 Å². The van der Waals surface area contributed by atoms with Gasteiger partial charge in [-0.2, -0.15) is 0 Å². The molecule has 0 aliphatic heterocycles. The number of benzene rings is 1. The maximum Gasteiger partial charge on any atom is 0.271 e. The van der Waals surface area contributed by atoms with Crippen LogP contribution < -0.4 is 4.31 Å². The van der Waals surface area contributed by atoms with Crippen molar-refractivity contribution in [2.75, 3.05) is 10.8 Å². The summed E-state index contributed by atoms with van der Waals surface area (Å²) in [5.74, 6) is 0. The van der Waals surface area contributed by atoms with E-state index in [1.807, 2.05) is 0 Å². The van der Waals surface area contributed by atoms with Gasteiger partial charge in [0.2, 0.25) is 0 Å². The maximum absolute atomic E-state index is 10.8. The highest BCUT2D eigenvalue weighted by Gasteiger charge is 2.10. The Hall–Kier alpha value is -1.47. The van der Waals surface area contributed by atoms with E-state index in [1.165, 1.54) is 24.3 Å². The molecule has 15 heavy (non-hydrogen) atoms. The van der Waals surface area contributed by atoms with E-state index in [0.29, 0.717) is 5.69 Å². The molecule has 82 valence electrons. The van der Waals surface area contributed by atoms with Gasteiger partial charge in [0.05, 0.1) is 10.6 Å². The molecule has 0 heterocycles. The van der Waals surface area contributed by atoms with Crippen LogP contribution in [-0.2, 0) is 11.3 Å². The van der Waals surface area contributed by atoms with Gasteiger partial charge in [0.25, 0.3) is 5.69 Å². The minimum Gasteiger partial charge on any atom is -0.755 e. The largest absolute Gasteiger partial charge is 0.755 e. The summed E-state index contributed by atoms with van der Waals surface area (Å²) in [7, 11) is 0. The maximum atomic E-state index is 10.8. The first-order chi connectivity index (χ1) is 7.06. The molecule has 0 aromatic heterocycles. The normalized spacial score (nSPS) is 12.1. The minimum absolute atomic E-state index is 0.128. The molecule has 0 bridgehead atoms. The number of anilines is 1. The van der Waals surface area contributed by atoms with Gasteiger partial charge < -0.3 is 8.86 Å². The van der Waals surface area contributed by atoms with Crippen LogP contribution >= 0.6 is 0 Å². The third-order valence-electron chi connectivity index (χ3n) is 1.80. The van der Waals surface area contributed by atoms with Crippen molar-refractivity contribution in [1.29, 1.82) is 0 Å². The van der Waals surface area contributed by atoms with E-state index in [1.54, 1.807) is 6.92 Å². The molecule has 6 nitrogen and oxygen atoms in total. The SMILES string of the molecule is CCN(c1cccc([N+](=O)[O-])c1)S(=O)[O-]. The number of nitro benzene ring substituents is 1. The van der Waals surface area contributed by atoms with Crippen LogP contribution in [0.4, 0.5) is 11.4 Å². The summed E-state index contributed by atoms with van der Waals surface area (Å²) in [4.78, 5) is 9.90. The fourth-order valence-corrected chi connectivity index (χ4v) is 1.63. The number of nitro groups is 1. The lowest BCUT2D eigenvalue weighted by molar-refractivity contribution is -0.384. The van der Waals surface area contributed by atoms with Crippen LogP contribution in [0.2, 0.25) is 0 Å². The fraction of sp³-hybridized carbons (Fsp3) is 0.250. The summed E-state index contributed by atoms with van der Waals surface area (Å²) < 4.78 is 22.6. The van der Waals surface area contributed by atoms with Crippen molar-refractivity contribution in [2.45, 2.75) is 6.92 Å². The van der Waals surface area contributed by atoms with Gasteiger partial charge in [-0.05, 0) is 13.0 Å². The Labute approximate surface area is 89.1 Å². The van der Waals surface area contributed by atoms with E-state index in [9.17, 15) is 18.9 Å². The van der Waals surface area contributed by atoms with Gasteiger partial charge in [-0.15, -0.1) is 0 Å². The van der Waals surface area contributed by atoms with Gasteiger partial charge in [0.15, 0.2) is 0 Å². The third kappa shape index (κ3) is 2.74. The van der Waals surface area contributed by atoms with Gasteiger partial charge >= 0.3 is 0 Å². The van der Waals surface area contributed by atoms with Crippen molar-refractivity contribution in [1.82, 2.24) is 0 Å². The average Bonchev–Trinajstić information content (AvgIpc) is 2.18. The summed E-state index contributed by atoms with van der Waals surface area (Å²) in [6, 6.07) is 5.49. The Morgan fingerprint density at radius 2 is 2.20 bits per heavy atom. The summed E-state index contributed by atoms with van der Waals surface area (Å²) in [5.41, 5.74) is 0.163. The minimum atomic E-state index is -2.42. The van der Waals surface area contributed by atoms with Gasteiger partial charge in [-0.3, -0.25) is 14.3 Å². The van der Waals surface area contributed by atoms with Crippen LogP contribution in [0.1, 0.15) is 6.92 Å². The molecule has 1 rings (SSSR count). The molecule has 1 atom stereocenters. The predicted octanol–water partition coefficient (Wildman–Crippen LogP) is 1.22. The predicted molar refractivity (Wildman–Crippen MR) is 55.0 cm³/mol. The molecule has 0 N–H and O–H groups in total. The van der Waals surface area contributed by atoms with Crippen molar-refractivity contribution < 1.29 is 13.7 Å². The quantitative estimate of drug-likeness (QED) is 0.441. The second-order valence-electron chi connectivity index (χ2n) is 2.69. The zero-order valence-electron chi connectivity index (χ0n) is 7.95. The van der Waals surface area contributed by atoms with E-state index in [-0.39, 0.29) is 12.2 Å². The number of non-ortho nitro benzene ring substituents is 1. The molecule has 1 unspecified atom stereocenters. The van der Waals surface area contributed by atoms with Crippen LogP contribution in [0.15, 0.2) is 24.3 Å². The molecular formula is C8H9N2O4S-. The number of hydrogen-bond acceptors (Lipinski definition) is 4. The molecule has 1 aromatic carbocycles. The van der Waals surface area contributed by atoms with Crippen LogP contribution in [0, 0.1) is 10.1 Å². The second-order valence-corrected chi connectivity index (χ2v) is 3.56.